The van der Waals surface area contributed by atoms with E-state index < -0.39 is 5.97 Å². The van der Waals surface area contributed by atoms with Gasteiger partial charge in [0.2, 0.25) is 11.5 Å². The molecule has 0 radical (unpaired) electrons. The lowest BCUT2D eigenvalue weighted by Crippen LogP contribution is -2.05. The standard InChI is InChI=1S/C12H14O4/c1-12(2)6-7(12)10(13)8-4-5-9(16-8)11(14)15-3/h4-5,7H,6H2,1-3H3. The van der Waals surface area contributed by atoms with Gasteiger partial charge in [0, 0.05) is 5.92 Å². The molecule has 1 aliphatic rings. The fourth-order valence-corrected chi connectivity index (χ4v) is 1.77. The molecular weight excluding hydrogens is 208 g/mol. The van der Waals surface area contributed by atoms with Gasteiger partial charge in [-0.2, -0.15) is 0 Å². The van der Waals surface area contributed by atoms with Crippen LogP contribution in [0.1, 0.15) is 41.4 Å². The normalized spacial score (nSPS) is 21.6. The summed E-state index contributed by atoms with van der Waals surface area (Å²) in [7, 11) is 1.27. The molecular formula is C12H14O4. The number of hydrogen-bond acceptors (Lipinski definition) is 4. The molecule has 0 N–H and O–H groups in total. The predicted molar refractivity (Wildman–Crippen MR) is 56.3 cm³/mol. The number of rotatable bonds is 3. The minimum Gasteiger partial charge on any atom is -0.463 e. The maximum absolute atomic E-state index is 11.9. The first-order chi connectivity index (χ1) is 7.45. The zero-order chi connectivity index (χ0) is 11.9. The second-order valence-electron chi connectivity index (χ2n) is 4.77. The van der Waals surface area contributed by atoms with Crippen molar-refractivity contribution in [2.75, 3.05) is 7.11 Å². The average molecular weight is 222 g/mol. The van der Waals surface area contributed by atoms with Crippen molar-refractivity contribution >= 4 is 11.8 Å². The summed E-state index contributed by atoms with van der Waals surface area (Å²) in [5.41, 5.74) is 0.0648. The molecule has 1 aliphatic carbocycles. The van der Waals surface area contributed by atoms with Gasteiger partial charge in [0.05, 0.1) is 7.11 Å². The first kappa shape index (κ1) is 10.9. The fraction of sp³-hybridized carbons (Fsp3) is 0.500. The minimum absolute atomic E-state index is 0.0177. The van der Waals surface area contributed by atoms with Crippen LogP contribution in [-0.2, 0) is 4.74 Å². The van der Waals surface area contributed by atoms with Crippen molar-refractivity contribution in [1.29, 1.82) is 0 Å². The summed E-state index contributed by atoms with van der Waals surface area (Å²) in [6, 6.07) is 3.00. The Balaban J connectivity index is 2.14. The highest BCUT2D eigenvalue weighted by Gasteiger charge is 2.51. The number of Topliss-reactive ketones (excluding diaryl/α,β-unsaturated/α-hetero) is 1. The number of carbonyl (C=O) groups is 2. The first-order valence-corrected chi connectivity index (χ1v) is 5.18. The van der Waals surface area contributed by atoms with Crippen molar-refractivity contribution in [2.45, 2.75) is 20.3 Å². The Morgan fingerprint density at radius 1 is 1.38 bits per heavy atom. The molecule has 1 aromatic rings. The Bertz CT molecular complexity index is 442. The van der Waals surface area contributed by atoms with E-state index in [0.29, 0.717) is 0 Å². The minimum atomic E-state index is -0.561. The lowest BCUT2D eigenvalue weighted by atomic mass is 10.1. The second kappa shape index (κ2) is 3.47. The number of esters is 1. The van der Waals surface area contributed by atoms with Crippen molar-refractivity contribution < 1.29 is 18.7 Å². The molecule has 1 saturated carbocycles. The van der Waals surface area contributed by atoms with E-state index in [1.165, 1.54) is 19.2 Å². The quantitative estimate of drug-likeness (QED) is 0.581. The molecule has 1 aromatic heterocycles. The molecule has 0 amide bonds. The van der Waals surface area contributed by atoms with E-state index >= 15 is 0 Å². The van der Waals surface area contributed by atoms with E-state index in [1.807, 2.05) is 13.8 Å². The summed E-state index contributed by atoms with van der Waals surface area (Å²) in [5, 5.41) is 0. The van der Waals surface area contributed by atoms with Crippen LogP contribution in [-0.4, -0.2) is 18.9 Å². The highest BCUT2D eigenvalue weighted by atomic mass is 16.5. The highest BCUT2D eigenvalue weighted by molar-refractivity contribution is 5.99. The van der Waals surface area contributed by atoms with Crippen LogP contribution in [0.3, 0.4) is 0 Å². The first-order valence-electron chi connectivity index (χ1n) is 5.18. The zero-order valence-electron chi connectivity index (χ0n) is 9.57. The summed E-state index contributed by atoms with van der Waals surface area (Å²) in [5.74, 6) is -0.251. The number of ether oxygens (including phenoxy) is 1. The molecule has 0 bridgehead atoms. The molecule has 1 atom stereocenters. The lowest BCUT2D eigenvalue weighted by molar-refractivity contribution is 0.0562. The van der Waals surface area contributed by atoms with E-state index in [0.717, 1.165) is 6.42 Å². The maximum atomic E-state index is 11.9. The summed E-state index contributed by atoms with van der Waals surface area (Å²) >= 11 is 0. The predicted octanol–water partition coefficient (Wildman–Crippen LogP) is 2.29. The molecule has 1 heterocycles. The van der Waals surface area contributed by atoms with Crippen molar-refractivity contribution in [3.8, 4) is 0 Å². The molecule has 0 aliphatic heterocycles. The SMILES string of the molecule is COC(=O)c1ccc(C(=O)C2CC2(C)C)o1. The van der Waals surface area contributed by atoms with Crippen LogP contribution in [0.15, 0.2) is 16.5 Å². The number of hydrogen-bond donors (Lipinski definition) is 0. The van der Waals surface area contributed by atoms with E-state index in [9.17, 15) is 9.59 Å². The molecule has 4 nitrogen and oxygen atoms in total. The summed E-state index contributed by atoms with van der Waals surface area (Å²) in [6.07, 6.45) is 0.875. The highest BCUT2D eigenvalue weighted by Crippen LogP contribution is 2.53. The second-order valence-corrected chi connectivity index (χ2v) is 4.77. The van der Waals surface area contributed by atoms with Crippen LogP contribution >= 0.6 is 0 Å². The summed E-state index contributed by atoms with van der Waals surface area (Å²) in [6.45, 7) is 4.08. The third-order valence-electron chi connectivity index (χ3n) is 3.07. The van der Waals surface area contributed by atoms with Crippen LogP contribution in [0.4, 0.5) is 0 Å². The van der Waals surface area contributed by atoms with Gasteiger partial charge >= 0.3 is 5.97 Å². The van der Waals surface area contributed by atoms with Gasteiger partial charge in [-0.25, -0.2) is 4.79 Å². The molecule has 0 saturated heterocycles. The van der Waals surface area contributed by atoms with Crippen LogP contribution in [0.2, 0.25) is 0 Å². The smallest absolute Gasteiger partial charge is 0.373 e. The van der Waals surface area contributed by atoms with E-state index in [-0.39, 0.29) is 28.6 Å². The van der Waals surface area contributed by atoms with Crippen molar-refractivity contribution in [3.63, 3.8) is 0 Å². The number of furan rings is 1. The van der Waals surface area contributed by atoms with Crippen molar-refractivity contribution in [1.82, 2.24) is 0 Å². The van der Waals surface area contributed by atoms with E-state index in [1.54, 1.807) is 0 Å². The number of carbonyl (C=O) groups excluding carboxylic acids is 2. The van der Waals surface area contributed by atoms with Gasteiger partial charge in [-0.1, -0.05) is 13.8 Å². The number of methoxy groups -OCH3 is 1. The maximum Gasteiger partial charge on any atom is 0.373 e. The van der Waals surface area contributed by atoms with Crippen molar-refractivity contribution in [2.24, 2.45) is 11.3 Å². The van der Waals surface area contributed by atoms with Crippen LogP contribution in [0, 0.1) is 11.3 Å². The molecule has 16 heavy (non-hydrogen) atoms. The Morgan fingerprint density at radius 3 is 2.44 bits per heavy atom. The van der Waals surface area contributed by atoms with Gasteiger partial charge in [-0.3, -0.25) is 4.79 Å². The monoisotopic (exact) mass is 222 g/mol. The molecule has 0 aromatic carbocycles. The van der Waals surface area contributed by atoms with Crippen LogP contribution in [0.25, 0.3) is 0 Å². The van der Waals surface area contributed by atoms with Gasteiger partial charge in [0.1, 0.15) is 0 Å². The lowest BCUT2D eigenvalue weighted by Gasteiger charge is -1.99. The van der Waals surface area contributed by atoms with Gasteiger partial charge in [0.15, 0.2) is 5.76 Å². The van der Waals surface area contributed by atoms with E-state index in [4.69, 9.17) is 4.42 Å². The zero-order valence-corrected chi connectivity index (χ0v) is 9.57. The largest absolute Gasteiger partial charge is 0.463 e. The molecule has 0 spiro atoms. The van der Waals surface area contributed by atoms with Gasteiger partial charge in [-0.15, -0.1) is 0 Å². The molecule has 1 unspecified atom stereocenters. The number of ketones is 1. The third-order valence-corrected chi connectivity index (χ3v) is 3.07. The Hall–Kier alpha value is -1.58. The summed E-state index contributed by atoms with van der Waals surface area (Å²) in [4.78, 5) is 23.0. The van der Waals surface area contributed by atoms with E-state index in [2.05, 4.69) is 4.74 Å². The Labute approximate surface area is 93.6 Å². The van der Waals surface area contributed by atoms with Crippen molar-refractivity contribution in [3.05, 3.63) is 23.7 Å². The fourth-order valence-electron chi connectivity index (χ4n) is 1.77. The average Bonchev–Trinajstić information content (AvgIpc) is 2.69. The van der Waals surface area contributed by atoms with Gasteiger partial charge in [-0.05, 0) is 24.0 Å². The van der Waals surface area contributed by atoms with Gasteiger partial charge in [0.25, 0.3) is 0 Å². The van der Waals surface area contributed by atoms with Crippen LogP contribution in [0.5, 0.6) is 0 Å². The summed E-state index contributed by atoms with van der Waals surface area (Å²) < 4.78 is 9.67. The van der Waals surface area contributed by atoms with Crippen LogP contribution < -0.4 is 0 Å². The topological polar surface area (TPSA) is 56.5 Å². The Morgan fingerprint density at radius 2 is 1.94 bits per heavy atom. The molecule has 2 rings (SSSR count). The molecule has 4 heteroatoms. The third kappa shape index (κ3) is 1.75. The molecule has 86 valence electrons. The molecule has 1 fully saturated rings. The van der Waals surface area contributed by atoms with Gasteiger partial charge < -0.3 is 9.15 Å². The Kier molecular flexibility index (Phi) is 2.37.